The van der Waals surface area contributed by atoms with E-state index in [4.69, 9.17) is 10.2 Å². The van der Waals surface area contributed by atoms with E-state index in [0.717, 1.165) is 31.9 Å². The van der Waals surface area contributed by atoms with Crippen LogP contribution in [0.15, 0.2) is 47.2 Å². The number of carbonyl (C=O) groups excluding carboxylic acids is 1. The van der Waals surface area contributed by atoms with Crippen LogP contribution in [0.2, 0.25) is 0 Å². The van der Waals surface area contributed by atoms with Crippen molar-refractivity contribution >= 4 is 5.91 Å². The quantitative estimate of drug-likeness (QED) is 0.856. The molecule has 1 saturated heterocycles. The second-order valence-corrected chi connectivity index (χ2v) is 4.54. The lowest BCUT2D eigenvalue weighted by Gasteiger charge is -2.26. The molecule has 1 fully saturated rings. The minimum Gasteiger partial charge on any atom is -0.459 e. The summed E-state index contributed by atoms with van der Waals surface area (Å²) in [4.78, 5) is 17.4. The molecule has 0 radical (unpaired) electrons. The summed E-state index contributed by atoms with van der Waals surface area (Å²) in [7, 11) is 0. The van der Waals surface area contributed by atoms with Crippen molar-refractivity contribution in [1.29, 1.82) is 0 Å². The number of aromatic nitrogens is 1. The van der Waals surface area contributed by atoms with Crippen LogP contribution in [-0.2, 0) is 6.54 Å². The molecular formula is C15H20N4O2. The number of piperazine rings is 1. The van der Waals surface area contributed by atoms with Gasteiger partial charge in [0, 0.05) is 38.9 Å². The number of pyridine rings is 1. The predicted molar refractivity (Wildman–Crippen MR) is 79.6 cm³/mol. The third kappa shape index (κ3) is 4.70. The second kappa shape index (κ2) is 8.18. The van der Waals surface area contributed by atoms with Crippen LogP contribution in [0.5, 0.6) is 0 Å². The molecule has 0 saturated carbocycles. The second-order valence-electron chi connectivity index (χ2n) is 4.54. The Hall–Kier alpha value is -2.18. The van der Waals surface area contributed by atoms with Gasteiger partial charge in [0.15, 0.2) is 5.76 Å². The van der Waals surface area contributed by atoms with Gasteiger partial charge in [-0.25, -0.2) is 0 Å². The van der Waals surface area contributed by atoms with E-state index in [0.29, 0.717) is 12.3 Å². The molecule has 0 unspecified atom stereocenters. The molecule has 2 aromatic rings. The van der Waals surface area contributed by atoms with Crippen molar-refractivity contribution in [3.63, 3.8) is 0 Å². The lowest BCUT2D eigenvalue weighted by molar-refractivity contribution is 0.0703. The number of hydrogen-bond donors (Lipinski definition) is 2. The van der Waals surface area contributed by atoms with Gasteiger partial charge in [-0.3, -0.25) is 9.78 Å². The fourth-order valence-electron chi connectivity index (χ4n) is 1.94. The zero-order valence-corrected chi connectivity index (χ0v) is 11.9. The first kappa shape index (κ1) is 15.2. The standard InChI is InChI=1S/C9H12N2O2.C6H8N2/c12-9(8-2-1-7-13-8)11-5-3-10-4-6-11;7-5-6-3-1-2-4-8-6/h1-2,7,10H,3-6H2;1-4H,5,7H2. The third-order valence-electron chi connectivity index (χ3n) is 3.07. The Labute approximate surface area is 124 Å². The molecule has 21 heavy (non-hydrogen) atoms. The number of nitrogens with one attached hydrogen (secondary N) is 1. The zero-order valence-electron chi connectivity index (χ0n) is 11.9. The number of rotatable bonds is 2. The smallest absolute Gasteiger partial charge is 0.289 e. The monoisotopic (exact) mass is 288 g/mol. The fourth-order valence-corrected chi connectivity index (χ4v) is 1.94. The van der Waals surface area contributed by atoms with E-state index < -0.39 is 0 Å². The summed E-state index contributed by atoms with van der Waals surface area (Å²) in [6.45, 7) is 3.79. The van der Waals surface area contributed by atoms with Gasteiger partial charge in [0.25, 0.3) is 5.91 Å². The first-order valence-electron chi connectivity index (χ1n) is 6.94. The molecule has 0 spiro atoms. The topological polar surface area (TPSA) is 84.4 Å². The number of furan rings is 1. The third-order valence-corrected chi connectivity index (χ3v) is 3.07. The molecule has 3 heterocycles. The molecule has 2 aromatic heterocycles. The molecular weight excluding hydrogens is 268 g/mol. The minimum atomic E-state index is -0.00787. The van der Waals surface area contributed by atoms with Gasteiger partial charge < -0.3 is 20.4 Å². The van der Waals surface area contributed by atoms with Crippen molar-refractivity contribution in [2.45, 2.75) is 6.54 Å². The molecule has 1 aliphatic rings. The summed E-state index contributed by atoms with van der Waals surface area (Å²) < 4.78 is 5.04. The maximum absolute atomic E-state index is 11.7. The van der Waals surface area contributed by atoms with E-state index in [1.165, 1.54) is 6.26 Å². The summed E-state index contributed by atoms with van der Waals surface area (Å²) in [5.41, 5.74) is 6.22. The van der Waals surface area contributed by atoms with Crippen LogP contribution in [0.25, 0.3) is 0 Å². The zero-order chi connectivity index (χ0) is 14.9. The van der Waals surface area contributed by atoms with Crippen LogP contribution in [0.1, 0.15) is 16.2 Å². The molecule has 0 bridgehead atoms. The maximum atomic E-state index is 11.7. The highest BCUT2D eigenvalue weighted by Gasteiger charge is 2.19. The molecule has 0 aliphatic carbocycles. The Morgan fingerprint density at radius 3 is 2.62 bits per heavy atom. The van der Waals surface area contributed by atoms with Gasteiger partial charge in [0.2, 0.25) is 0 Å². The number of nitrogens with zero attached hydrogens (tertiary/aromatic N) is 2. The number of amides is 1. The molecule has 1 aliphatic heterocycles. The van der Waals surface area contributed by atoms with E-state index in [9.17, 15) is 4.79 Å². The van der Waals surface area contributed by atoms with E-state index in [-0.39, 0.29) is 5.91 Å². The van der Waals surface area contributed by atoms with Gasteiger partial charge in [0.1, 0.15) is 0 Å². The lowest BCUT2D eigenvalue weighted by Crippen LogP contribution is -2.46. The number of hydrogen-bond acceptors (Lipinski definition) is 5. The van der Waals surface area contributed by atoms with E-state index in [1.54, 1.807) is 23.2 Å². The van der Waals surface area contributed by atoms with Crippen molar-refractivity contribution in [2.75, 3.05) is 26.2 Å². The highest BCUT2D eigenvalue weighted by molar-refractivity contribution is 5.91. The van der Waals surface area contributed by atoms with Crippen LogP contribution in [-0.4, -0.2) is 42.0 Å². The molecule has 6 heteroatoms. The number of carbonyl (C=O) groups is 1. The van der Waals surface area contributed by atoms with Gasteiger partial charge in [-0.2, -0.15) is 0 Å². The molecule has 0 aromatic carbocycles. The van der Waals surface area contributed by atoms with E-state index in [1.807, 2.05) is 18.2 Å². The number of nitrogens with two attached hydrogens (primary N) is 1. The summed E-state index contributed by atoms with van der Waals surface area (Å²) in [6, 6.07) is 9.13. The van der Waals surface area contributed by atoms with E-state index >= 15 is 0 Å². The van der Waals surface area contributed by atoms with Crippen molar-refractivity contribution < 1.29 is 9.21 Å². The van der Waals surface area contributed by atoms with Crippen LogP contribution in [0, 0.1) is 0 Å². The Morgan fingerprint density at radius 2 is 2.10 bits per heavy atom. The molecule has 6 nitrogen and oxygen atoms in total. The SMILES string of the molecule is NCc1ccccn1.O=C(c1ccco1)N1CCNCC1. The average Bonchev–Trinajstić information content (AvgIpc) is 3.11. The average molecular weight is 288 g/mol. The van der Waals surface area contributed by atoms with Crippen molar-refractivity contribution in [1.82, 2.24) is 15.2 Å². The summed E-state index contributed by atoms with van der Waals surface area (Å²) in [6.07, 6.45) is 3.26. The van der Waals surface area contributed by atoms with Gasteiger partial charge in [-0.15, -0.1) is 0 Å². The Bertz CT molecular complexity index is 522. The van der Waals surface area contributed by atoms with Crippen molar-refractivity contribution in [3.05, 3.63) is 54.2 Å². The van der Waals surface area contributed by atoms with Gasteiger partial charge in [-0.1, -0.05) is 6.07 Å². The summed E-state index contributed by atoms with van der Waals surface area (Å²) >= 11 is 0. The summed E-state index contributed by atoms with van der Waals surface area (Å²) in [5.74, 6) is 0.424. The van der Waals surface area contributed by atoms with Gasteiger partial charge in [-0.05, 0) is 24.3 Å². The highest BCUT2D eigenvalue weighted by Crippen LogP contribution is 2.05. The van der Waals surface area contributed by atoms with Crippen LogP contribution in [0.3, 0.4) is 0 Å². The Morgan fingerprint density at radius 1 is 1.29 bits per heavy atom. The summed E-state index contributed by atoms with van der Waals surface area (Å²) in [5, 5.41) is 3.19. The van der Waals surface area contributed by atoms with Crippen molar-refractivity contribution in [3.8, 4) is 0 Å². The Kier molecular flexibility index (Phi) is 5.93. The largest absolute Gasteiger partial charge is 0.459 e. The van der Waals surface area contributed by atoms with Crippen LogP contribution >= 0.6 is 0 Å². The fraction of sp³-hybridized carbons (Fsp3) is 0.333. The highest BCUT2D eigenvalue weighted by atomic mass is 16.3. The minimum absolute atomic E-state index is 0.00787. The lowest BCUT2D eigenvalue weighted by atomic mass is 10.3. The van der Waals surface area contributed by atoms with Gasteiger partial charge >= 0.3 is 0 Å². The Balaban J connectivity index is 0.000000173. The maximum Gasteiger partial charge on any atom is 0.289 e. The van der Waals surface area contributed by atoms with Crippen LogP contribution in [0.4, 0.5) is 0 Å². The normalized spacial score (nSPS) is 14.2. The van der Waals surface area contributed by atoms with E-state index in [2.05, 4.69) is 10.3 Å². The predicted octanol–water partition coefficient (Wildman–Crippen LogP) is 0.865. The van der Waals surface area contributed by atoms with Crippen LogP contribution < -0.4 is 11.1 Å². The molecule has 1 amide bonds. The molecule has 3 rings (SSSR count). The van der Waals surface area contributed by atoms with Crippen molar-refractivity contribution in [2.24, 2.45) is 5.73 Å². The first-order chi connectivity index (χ1) is 10.3. The molecule has 3 N–H and O–H groups in total. The van der Waals surface area contributed by atoms with Gasteiger partial charge in [0.05, 0.1) is 12.0 Å². The molecule has 0 atom stereocenters. The first-order valence-corrected chi connectivity index (χ1v) is 6.94. The molecule has 112 valence electrons.